The molecule has 5 N–H and O–H groups in total. The zero-order valence-electron chi connectivity index (χ0n) is 36.8. The molecular weight excluding hydrogens is 809 g/mol. The monoisotopic (exact) mass is 864 g/mol. The molecule has 4 aliphatic rings. The molecule has 0 radical (unpaired) electrons. The van der Waals surface area contributed by atoms with Gasteiger partial charge in [-0.1, -0.05) is 44.5 Å². The Bertz CT molecular complexity index is 3120. The molecule has 64 heavy (non-hydrogen) atoms. The molecule has 2 aliphatic carbocycles. The highest BCUT2D eigenvalue weighted by Crippen LogP contribution is 2.47. The van der Waals surface area contributed by atoms with E-state index < -0.39 is 18.2 Å². The van der Waals surface area contributed by atoms with Crippen molar-refractivity contribution in [1.82, 2.24) is 39.1 Å². The standard InChI is InChI=1S/C24H24FN5.C21H20FN5.C3H7BO2.CH4/c1-13-21(17-6-5-7-20-16(17)10-11-29(20)15-8-9-15)18(25)12-19-22(13)30-14(2)27-28-23(30)24(3,4)26-19;1-11-18(14-6-5-7-16-13(14)8-9-23-16)15(22)10-17-19(11)27-12(2)25-26-20(27)21(3,4)24-17;5-4(6)3-1-2-3;/h5-7,10-12,15,26H,8-9H2,1-4H3;5-10,23-24H,1-4H3;3,5-6H,1-2H2;1H4. The summed E-state index contributed by atoms with van der Waals surface area (Å²) in [6.07, 6.45) is 8.46. The van der Waals surface area contributed by atoms with Crippen molar-refractivity contribution in [3.63, 3.8) is 0 Å². The fourth-order valence-corrected chi connectivity index (χ4v) is 9.59. The first-order chi connectivity index (χ1) is 30.1. The van der Waals surface area contributed by atoms with Gasteiger partial charge in [0, 0.05) is 51.4 Å². The molecule has 2 fully saturated rings. The van der Waals surface area contributed by atoms with Gasteiger partial charge in [-0.05, 0) is 133 Å². The Morgan fingerprint density at radius 2 is 1.19 bits per heavy atom. The van der Waals surface area contributed by atoms with Crippen LogP contribution in [-0.2, 0) is 11.1 Å². The zero-order valence-corrected chi connectivity index (χ0v) is 36.8. The Morgan fingerprint density at radius 3 is 1.67 bits per heavy atom. The molecule has 12 nitrogen and oxygen atoms in total. The van der Waals surface area contributed by atoms with Gasteiger partial charge >= 0.3 is 7.12 Å². The van der Waals surface area contributed by atoms with Crippen LogP contribution < -0.4 is 10.6 Å². The lowest BCUT2D eigenvalue weighted by atomic mass is 9.84. The predicted molar refractivity (Wildman–Crippen MR) is 251 cm³/mol. The number of aryl methyl sites for hydroxylation is 2. The Kier molecular flexibility index (Phi) is 10.4. The Balaban J connectivity index is 0.000000142. The van der Waals surface area contributed by atoms with Crippen molar-refractivity contribution < 1.29 is 18.8 Å². The second-order valence-electron chi connectivity index (χ2n) is 18.5. The lowest BCUT2D eigenvalue weighted by molar-refractivity contribution is 0.403. The van der Waals surface area contributed by atoms with Crippen LogP contribution in [-0.4, -0.2) is 56.2 Å². The highest BCUT2D eigenvalue weighted by atomic mass is 19.1. The summed E-state index contributed by atoms with van der Waals surface area (Å²) in [6, 6.07) is 20.0. The SMILES string of the molecule is C.Cc1c(-c2cccc3[nH]ccc23)c(F)cc2c1-n1c(C)nnc1C(C)(C)N2.Cc1c(-c2cccc3c2ccn3C2CC2)c(F)cc2c1-n1c(C)nnc1C(C)(C)N2.OB(O)C1CC1. The van der Waals surface area contributed by atoms with Crippen LogP contribution >= 0.6 is 0 Å². The van der Waals surface area contributed by atoms with Crippen molar-refractivity contribution in [3.05, 3.63) is 119 Å². The van der Waals surface area contributed by atoms with E-state index in [1.807, 2.05) is 103 Å². The number of hydrogen-bond donors (Lipinski definition) is 5. The molecule has 0 spiro atoms. The minimum Gasteiger partial charge on any atom is -0.427 e. The van der Waals surface area contributed by atoms with Gasteiger partial charge in [0.1, 0.15) is 23.3 Å². The summed E-state index contributed by atoms with van der Waals surface area (Å²) >= 11 is 0. The van der Waals surface area contributed by atoms with E-state index in [1.54, 1.807) is 12.1 Å². The second kappa shape index (κ2) is 15.4. The molecule has 4 aromatic carbocycles. The molecule has 0 amide bonds. The van der Waals surface area contributed by atoms with E-state index in [9.17, 15) is 0 Å². The van der Waals surface area contributed by atoms with Crippen LogP contribution in [0.1, 0.15) is 101 Å². The maximum absolute atomic E-state index is 15.6. The number of H-pyrrole nitrogens is 1. The number of benzene rings is 4. The zero-order chi connectivity index (χ0) is 44.3. The molecule has 0 unspecified atom stereocenters. The fourth-order valence-electron chi connectivity index (χ4n) is 9.59. The number of fused-ring (bicyclic) bond motifs is 8. The van der Waals surface area contributed by atoms with Gasteiger partial charge in [0.2, 0.25) is 0 Å². The van der Waals surface area contributed by atoms with Crippen molar-refractivity contribution >= 4 is 40.3 Å². The van der Waals surface area contributed by atoms with Gasteiger partial charge in [-0.15, -0.1) is 20.4 Å². The third-order valence-corrected chi connectivity index (χ3v) is 13.0. The van der Waals surface area contributed by atoms with Crippen LogP contribution in [0, 0.1) is 39.3 Å². The number of halogens is 2. The van der Waals surface area contributed by atoms with Gasteiger partial charge in [0.05, 0.1) is 33.8 Å². The molecule has 0 atom stereocenters. The van der Waals surface area contributed by atoms with Crippen molar-refractivity contribution in [2.45, 2.75) is 111 Å². The summed E-state index contributed by atoms with van der Waals surface area (Å²) in [4.78, 5) is 3.20. The third-order valence-electron chi connectivity index (χ3n) is 13.0. The normalized spacial score (nSPS) is 16.1. The first kappa shape index (κ1) is 43.0. The summed E-state index contributed by atoms with van der Waals surface area (Å²) in [6.45, 7) is 16.0. The van der Waals surface area contributed by atoms with Crippen molar-refractivity contribution in [3.8, 4) is 33.6 Å². The van der Waals surface area contributed by atoms with Crippen molar-refractivity contribution in [1.29, 1.82) is 0 Å². The van der Waals surface area contributed by atoms with Gasteiger partial charge in [-0.3, -0.25) is 9.13 Å². The Hall–Kier alpha value is -6.32. The van der Waals surface area contributed by atoms with Crippen LogP contribution in [0.5, 0.6) is 0 Å². The number of aromatic nitrogens is 8. The quantitative estimate of drug-likeness (QED) is 0.110. The maximum Gasteiger partial charge on any atom is 0.454 e. The number of nitrogens with zero attached hydrogens (tertiary/aromatic N) is 7. The Labute approximate surface area is 371 Å². The molecule has 0 saturated heterocycles. The Morgan fingerprint density at radius 1 is 0.672 bits per heavy atom. The second-order valence-corrected chi connectivity index (χ2v) is 18.5. The molecule has 12 rings (SSSR count). The number of hydrogen-bond acceptors (Lipinski definition) is 8. The van der Waals surface area contributed by atoms with Crippen LogP contribution in [0.2, 0.25) is 5.82 Å². The number of nitrogens with one attached hydrogen (secondary N) is 3. The van der Waals surface area contributed by atoms with Gasteiger partial charge in [0.15, 0.2) is 11.6 Å². The number of aromatic amines is 1. The molecule has 4 aromatic heterocycles. The van der Waals surface area contributed by atoms with Crippen molar-refractivity contribution in [2.75, 3.05) is 10.6 Å². The lowest BCUT2D eigenvalue weighted by Crippen LogP contribution is -2.36. The molecule has 2 aliphatic heterocycles. The first-order valence-electron chi connectivity index (χ1n) is 21.7. The van der Waals surface area contributed by atoms with E-state index in [0.29, 0.717) is 17.2 Å². The van der Waals surface area contributed by atoms with Crippen LogP contribution in [0.4, 0.5) is 20.2 Å². The van der Waals surface area contributed by atoms with Gasteiger partial charge in [-0.25, -0.2) is 8.78 Å². The van der Waals surface area contributed by atoms with E-state index in [-0.39, 0.29) is 24.9 Å². The average molecular weight is 865 g/mol. The van der Waals surface area contributed by atoms with Crippen LogP contribution in [0.15, 0.2) is 73.1 Å². The average Bonchev–Trinajstić information content (AvgIpc) is 4.07. The maximum atomic E-state index is 15.6. The summed E-state index contributed by atoms with van der Waals surface area (Å²) in [5.74, 6) is 3.03. The minimum atomic E-state index is -1.04. The number of anilines is 2. The topological polar surface area (TPSA) is 147 Å². The molecule has 330 valence electrons. The number of rotatable bonds is 4. The van der Waals surface area contributed by atoms with E-state index in [4.69, 9.17) is 10.0 Å². The molecule has 6 heterocycles. The van der Waals surface area contributed by atoms with E-state index >= 15 is 8.78 Å². The van der Waals surface area contributed by atoms with Gasteiger partial charge in [0.25, 0.3) is 0 Å². The van der Waals surface area contributed by atoms with E-state index in [0.717, 1.165) is 97.4 Å². The lowest BCUT2D eigenvalue weighted by Gasteiger charge is -2.35. The highest BCUT2D eigenvalue weighted by Gasteiger charge is 2.38. The summed E-state index contributed by atoms with van der Waals surface area (Å²) in [7, 11) is -1.04. The summed E-state index contributed by atoms with van der Waals surface area (Å²) in [5.41, 5.74) is 9.50. The van der Waals surface area contributed by atoms with Gasteiger partial charge in [-0.2, -0.15) is 0 Å². The molecule has 0 bridgehead atoms. The summed E-state index contributed by atoms with van der Waals surface area (Å²) in [5, 5.41) is 42.8. The van der Waals surface area contributed by atoms with E-state index in [2.05, 4.69) is 63.5 Å². The van der Waals surface area contributed by atoms with Crippen LogP contribution in [0.25, 0.3) is 55.4 Å². The van der Waals surface area contributed by atoms with Crippen molar-refractivity contribution in [2.24, 2.45) is 0 Å². The molecule has 2 saturated carbocycles. The molecule has 15 heteroatoms. The molecular formula is C49H55BF2N10O2. The van der Waals surface area contributed by atoms with Crippen LogP contribution in [0.3, 0.4) is 0 Å². The predicted octanol–water partition coefficient (Wildman–Crippen LogP) is 10.7. The summed E-state index contributed by atoms with van der Waals surface area (Å²) < 4.78 is 37.4. The van der Waals surface area contributed by atoms with Gasteiger partial charge < -0.3 is 30.2 Å². The first-order valence-corrected chi connectivity index (χ1v) is 21.7. The minimum absolute atomic E-state index is 0. The fraction of sp³-hybridized carbons (Fsp3) is 0.347. The highest BCUT2D eigenvalue weighted by molar-refractivity contribution is 6.44. The third kappa shape index (κ3) is 6.96. The smallest absolute Gasteiger partial charge is 0.427 e. The largest absolute Gasteiger partial charge is 0.454 e. The molecule has 8 aromatic rings. The van der Waals surface area contributed by atoms with E-state index in [1.165, 1.54) is 18.4 Å².